The molecule has 4 rings (SSSR count). The molecule has 0 aliphatic carbocycles. The number of thiazole rings is 1. The maximum Gasteiger partial charge on any atom is 0.317 e. The molecule has 2 heterocycles. The first-order valence-electron chi connectivity index (χ1n) is 9.72. The number of nitrogens with zero attached hydrogens (tertiary/aromatic N) is 3. The molecule has 0 atom stereocenters. The molecule has 31 heavy (non-hydrogen) atoms. The summed E-state index contributed by atoms with van der Waals surface area (Å²) in [6.45, 7) is 2.50. The van der Waals surface area contributed by atoms with Crippen molar-refractivity contribution < 1.29 is 23.0 Å². The molecule has 0 unspecified atom stereocenters. The zero-order chi connectivity index (χ0) is 22.0. The van der Waals surface area contributed by atoms with Gasteiger partial charge < -0.3 is 24.6 Å². The zero-order valence-corrected chi connectivity index (χ0v) is 18.0. The van der Waals surface area contributed by atoms with Crippen LogP contribution in [-0.4, -0.2) is 56.3 Å². The Morgan fingerprint density at radius 3 is 2.55 bits per heavy atom. The Balaban J connectivity index is 1.33. The van der Waals surface area contributed by atoms with Crippen molar-refractivity contribution in [3.63, 3.8) is 0 Å². The van der Waals surface area contributed by atoms with Crippen LogP contribution >= 0.6 is 11.3 Å². The molecular formula is C21H22F2N4O3S. The van der Waals surface area contributed by atoms with Gasteiger partial charge in [0.2, 0.25) is 0 Å². The lowest BCUT2D eigenvalue weighted by Gasteiger charge is -2.34. The number of aromatic nitrogens is 1. The zero-order valence-electron chi connectivity index (χ0n) is 17.2. The topological polar surface area (TPSA) is 66.9 Å². The molecule has 0 bridgehead atoms. The van der Waals surface area contributed by atoms with Gasteiger partial charge in [0.1, 0.15) is 11.3 Å². The van der Waals surface area contributed by atoms with E-state index in [0.717, 1.165) is 11.6 Å². The highest BCUT2D eigenvalue weighted by molar-refractivity contribution is 7.22. The van der Waals surface area contributed by atoms with Crippen LogP contribution in [0.1, 0.15) is 5.56 Å². The molecule has 0 radical (unpaired) electrons. The number of methoxy groups -OCH3 is 2. The minimum absolute atomic E-state index is 0.160. The van der Waals surface area contributed by atoms with Crippen LogP contribution in [-0.2, 0) is 6.54 Å². The first-order valence-corrected chi connectivity index (χ1v) is 10.5. The van der Waals surface area contributed by atoms with E-state index in [2.05, 4.69) is 10.3 Å². The van der Waals surface area contributed by atoms with Gasteiger partial charge in [-0.15, -0.1) is 0 Å². The molecular weight excluding hydrogens is 426 g/mol. The summed E-state index contributed by atoms with van der Waals surface area (Å²) < 4.78 is 38.3. The summed E-state index contributed by atoms with van der Waals surface area (Å²) in [7, 11) is 3.14. The number of anilines is 1. The first-order chi connectivity index (χ1) is 15.0. The molecule has 1 saturated heterocycles. The quantitative estimate of drug-likeness (QED) is 0.646. The molecule has 0 saturated carbocycles. The summed E-state index contributed by atoms with van der Waals surface area (Å²) >= 11 is 1.25. The van der Waals surface area contributed by atoms with E-state index >= 15 is 0 Å². The average Bonchev–Trinajstić information content (AvgIpc) is 3.21. The molecule has 3 aromatic rings. The SMILES string of the molecule is COc1ccc(CNC(=O)N2CCN(c3nc4c(F)cc(F)cc4s3)CC2)cc1OC. The summed E-state index contributed by atoms with van der Waals surface area (Å²) in [6, 6.07) is 7.46. The largest absolute Gasteiger partial charge is 0.493 e. The number of halogens is 2. The van der Waals surface area contributed by atoms with Gasteiger partial charge in [-0.05, 0) is 23.8 Å². The van der Waals surface area contributed by atoms with Gasteiger partial charge in [0, 0.05) is 38.8 Å². The monoisotopic (exact) mass is 448 g/mol. The van der Waals surface area contributed by atoms with E-state index < -0.39 is 11.6 Å². The third kappa shape index (κ3) is 4.48. The Hall–Kier alpha value is -3.14. The molecule has 1 aliphatic rings. The van der Waals surface area contributed by atoms with Crippen molar-refractivity contribution in [2.24, 2.45) is 0 Å². The Bertz CT molecular complexity index is 1100. The number of hydrogen-bond donors (Lipinski definition) is 1. The molecule has 10 heteroatoms. The standard InChI is InChI=1S/C21H22F2N4O3S/c1-29-16-4-3-13(9-17(16)30-2)12-24-20(28)26-5-7-27(8-6-26)21-25-19-15(23)10-14(22)11-18(19)31-21/h3-4,9-11H,5-8,12H2,1-2H3,(H,24,28). The molecule has 1 fully saturated rings. The molecule has 0 spiro atoms. The second-order valence-corrected chi connectivity index (χ2v) is 8.06. The van der Waals surface area contributed by atoms with Gasteiger partial charge in [0.25, 0.3) is 0 Å². The van der Waals surface area contributed by atoms with Crippen molar-refractivity contribution in [2.45, 2.75) is 6.54 Å². The number of piperazine rings is 1. The lowest BCUT2D eigenvalue weighted by molar-refractivity contribution is 0.194. The van der Waals surface area contributed by atoms with Crippen molar-refractivity contribution in [1.82, 2.24) is 15.2 Å². The van der Waals surface area contributed by atoms with Crippen LogP contribution in [0.4, 0.5) is 18.7 Å². The number of carbonyl (C=O) groups is 1. The number of carbonyl (C=O) groups excluding carboxylic acids is 1. The third-order valence-electron chi connectivity index (χ3n) is 5.13. The Morgan fingerprint density at radius 1 is 1.10 bits per heavy atom. The van der Waals surface area contributed by atoms with Crippen molar-refractivity contribution in [2.75, 3.05) is 45.3 Å². The highest BCUT2D eigenvalue weighted by Gasteiger charge is 2.23. The summed E-state index contributed by atoms with van der Waals surface area (Å²) in [4.78, 5) is 20.6. The van der Waals surface area contributed by atoms with E-state index in [4.69, 9.17) is 9.47 Å². The van der Waals surface area contributed by atoms with Gasteiger partial charge in [0.15, 0.2) is 22.4 Å². The van der Waals surface area contributed by atoms with E-state index in [9.17, 15) is 13.6 Å². The number of ether oxygens (including phenoxy) is 2. The fraction of sp³-hybridized carbons (Fsp3) is 0.333. The average molecular weight is 448 g/mol. The second kappa shape index (κ2) is 8.93. The third-order valence-corrected chi connectivity index (χ3v) is 6.19. The van der Waals surface area contributed by atoms with Crippen molar-refractivity contribution >= 4 is 32.7 Å². The van der Waals surface area contributed by atoms with E-state index in [0.29, 0.717) is 54.1 Å². The van der Waals surface area contributed by atoms with Crippen LogP contribution < -0.4 is 19.7 Å². The van der Waals surface area contributed by atoms with Crippen LogP contribution in [0.15, 0.2) is 30.3 Å². The highest BCUT2D eigenvalue weighted by atomic mass is 32.1. The van der Waals surface area contributed by atoms with Gasteiger partial charge in [-0.2, -0.15) is 0 Å². The second-order valence-electron chi connectivity index (χ2n) is 7.05. The van der Waals surface area contributed by atoms with Crippen LogP contribution in [0, 0.1) is 11.6 Å². The number of urea groups is 1. The Morgan fingerprint density at radius 2 is 1.84 bits per heavy atom. The van der Waals surface area contributed by atoms with Gasteiger partial charge in [-0.25, -0.2) is 18.6 Å². The van der Waals surface area contributed by atoms with Crippen LogP contribution in [0.2, 0.25) is 0 Å². The summed E-state index contributed by atoms with van der Waals surface area (Å²) in [5.41, 5.74) is 1.07. The maximum atomic E-state index is 13.9. The molecule has 1 aliphatic heterocycles. The summed E-state index contributed by atoms with van der Waals surface area (Å²) in [5, 5.41) is 3.54. The minimum atomic E-state index is -0.661. The number of fused-ring (bicyclic) bond motifs is 1. The Labute approximate surface area is 182 Å². The van der Waals surface area contributed by atoms with E-state index in [1.807, 2.05) is 17.0 Å². The number of amides is 2. The lowest BCUT2D eigenvalue weighted by Crippen LogP contribution is -2.51. The maximum absolute atomic E-state index is 13.9. The van der Waals surface area contributed by atoms with E-state index in [-0.39, 0.29) is 11.5 Å². The van der Waals surface area contributed by atoms with Crippen LogP contribution in [0.3, 0.4) is 0 Å². The lowest BCUT2D eigenvalue weighted by atomic mass is 10.2. The van der Waals surface area contributed by atoms with Crippen molar-refractivity contribution in [3.8, 4) is 11.5 Å². The fourth-order valence-corrected chi connectivity index (χ4v) is 4.52. The number of nitrogens with one attached hydrogen (secondary N) is 1. The summed E-state index contributed by atoms with van der Waals surface area (Å²) in [5.74, 6) is -0.0389. The Kier molecular flexibility index (Phi) is 6.08. The van der Waals surface area contributed by atoms with Gasteiger partial charge in [0.05, 0.1) is 18.9 Å². The van der Waals surface area contributed by atoms with Crippen molar-refractivity contribution in [3.05, 3.63) is 47.5 Å². The van der Waals surface area contributed by atoms with Crippen molar-refractivity contribution in [1.29, 1.82) is 0 Å². The van der Waals surface area contributed by atoms with E-state index in [1.54, 1.807) is 25.2 Å². The first kappa shape index (κ1) is 21.1. The molecule has 7 nitrogen and oxygen atoms in total. The van der Waals surface area contributed by atoms with E-state index in [1.165, 1.54) is 17.4 Å². The van der Waals surface area contributed by atoms with Gasteiger partial charge in [-0.1, -0.05) is 17.4 Å². The van der Waals surface area contributed by atoms with Gasteiger partial charge >= 0.3 is 6.03 Å². The molecule has 2 amide bonds. The fourth-order valence-electron chi connectivity index (χ4n) is 3.46. The number of rotatable bonds is 5. The highest BCUT2D eigenvalue weighted by Crippen LogP contribution is 2.31. The molecule has 1 N–H and O–H groups in total. The number of benzene rings is 2. The molecule has 2 aromatic carbocycles. The predicted molar refractivity (Wildman–Crippen MR) is 115 cm³/mol. The minimum Gasteiger partial charge on any atom is -0.493 e. The van der Waals surface area contributed by atoms with Crippen LogP contribution in [0.25, 0.3) is 10.2 Å². The normalized spacial score (nSPS) is 14.1. The summed E-state index contributed by atoms with van der Waals surface area (Å²) in [6.07, 6.45) is 0. The molecule has 1 aromatic heterocycles. The van der Waals surface area contributed by atoms with Crippen LogP contribution in [0.5, 0.6) is 11.5 Å². The molecule has 164 valence electrons. The number of hydrogen-bond acceptors (Lipinski definition) is 6. The predicted octanol–water partition coefficient (Wildman–Crippen LogP) is 3.62. The van der Waals surface area contributed by atoms with Gasteiger partial charge in [-0.3, -0.25) is 0 Å². The smallest absolute Gasteiger partial charge is 0.317 e.